The van der Waals surface area contributed by atoms with E-state index in [1.807, 2.05) is 6.92 Å². The molecule has 0 unspecified atom stereocenters. The van der Waals surface area contributed by atoms with Crippen molar-refractivity contribution < 1.29 is 14.1 Å². The standard InChI is InChI=1S/C13H11NO4S/c1-8(15)11-4-3-10(7-12(11)14(16)17)19-13-5-6-18-9(13)2/h3-7H,1-2H3. The van der Waals surface area contributed by atoms with Crippen LogP contribution in [0.25, 0.3) is 0 Å². The molecule has 0 aliphatic heterocycles. The molecule has 0 radical (unpaired) electrons. The van der Waals surface area contributed by atoms with Crippen molar-refractivity contribution in [2.75, 3.05) is 0 Å². The molecule has 19 heavy (non-hydrogen) atoms. The summed E-state index contributed by atoms with van der Waals surface area (Å²) < 4.78 is 5.17. The minimum atomic E-state index is -0.539. The van der Waals surface area contributed by atoms with Gasteiger partial charge in [0.2, 0.25) is 0 Å². The number of hydrogen-bond donors (Lipinski definition) is 0. The second kappa shape index (κ2) is 5.27. The molecule has 0 fully saturated rings. The second-order valence-corrected chi connectivity index (χ2v) is 5.05. The van der Waals surface area contributed by atoms with Gasteiger partial charge in [-0.05, 0) is 32.0 Å². The van der Waals surface area contributed by atoms with Gasteiger partial charge in [0, 0.05) is 11.0 Å². The van der Waals surface area contributed by atoms with Gasteiger partial charge in [-0.1, -0.05) is 11.8 Å². The van der Waals surface area contributed by atoms with Crippen LogP contribution >= 0.6 is 11.8 Å². The van der Waals surface area contributed by atoms with Crippen molar-refractivity contribution in [3.05, 3.63) is 52.0 Å². The van der Waals surface area contributed by atoms with Crippen LogP contribution in [-0.2, 0) is 0 Å². The zero-order chi connectivity index (χ0) is 14.0. The predicted molar refractivity (Wildman–Crippen MR) is 70.7 cm³/mol. The zero-order valence-corrected chi connectivity index (χ0v) is 11.2. The number of carbonyl (C=O) groups is 1. The molecule has 0 N–H and O–H groups in total. The Hall–Kier alpha value is -2.08. The third-order valence-corrected chi connectivity index (χ3v) is 3.72. The van der Waals surface area contributed by atoms with Crippen LogP contribution in [0, 0.1) is 17.0 Å². The molecule has 2 aromatic rings. The molecule has 6 heteroatoms. The Balaban J connectivity index is 2.39. The van der Waals surface area contributed by atoms with Crippen molar-refractivity contribution >= 4 is 23.2 Å². The van der Waals surface area contributed by atoms with Crippen LogP contribution in [0.4, 0.5) is 5.69 Å². The molecule has 0 aliphatic carbocycles. The molecule has 0 saturated heterocycles. The zero-order valence-electron chi connectivity index (χ0n) is 10.4. The predicted octanol–water partition coefficient (Wildman–Crippen LogP) is 3.85. The number of ketones is 1. The number of rotatable bonds is 4. The highest BCUT2D eigenvalue weighted by molar-refractivity contribution is 7.99. The maximum absolute atomic E-state index is 11.3. The number of benzene rings is 1. The van der Waals surface area contributed by atoms with Crippen LogP contribution in [0.1, 0.15) is 23.0 Å². The first-order valence-electron chi connectivity index (χ1n) is 5.50. The summed E-state index contributed by atoms with van der Waals surface area (Å²) in [5.74, 6) is 0.436. The fourth-order valence-corrected chi connectivity index (χ4v) is 2.51. The Bertz CT molecular complexity index is 648. The SMILES string of the molecule is CC(=O)c1ccc(Sc2ccoc2C)cc1[N+](=O)[O-]. The highest BCUT2D eigenvalue weighted by Gasteiger charge is 2.18. The summed E-state index contributed by atoms with van der Waals surface area (Å²) in [6, 6.07) is 6.39. The van der Waals surface area contributed by atoms with E-state index in [1.165, 1.54) is 30.8 Å². The average Bonchev–Trinajstić information content (AvgIpc) is 2.74. The lowest BCUT2D eigenvalue weighted by molar-refractivity contribution is -0.385. The molecular formula is C13H11NO4S. The number of nitro groups is 1. The van der Waals surface area contributed by atoms with Crippen LogP contribution in [0.3, 0.4) is 0 Å². The summed E-state index contributed by atoms with van der Waals surface area (Å²) >= 11 is 1.36. The van der Waals surface area contributed by atoms with Gasteiger partial charge in [0.1, 0.15) is 5.76 Å². The van der Waals surface area contributed by atoms with Crippen molar-refractivity contribution in [1.29, 1.82) is 0 Å². The van der Waals surface area contributed by atoms with Crippen molar-refractivity contribution in [1.82, 2.24) is 0 Å². The molecule has 0 amide bonds. The van der Waals surface area contributed by atoms with E-state index in [9.17, 15) is 14.9 Å². The Kier molecular flexibility index (Phi) is 3.71. The number of carbonyl (C=O) groups excluding carboxylic acids is 1. The minimum absolute atomic E-state index is 0.123. The molecule has 0 saturated carbocycles. The van der Waals surface area contributed by atoms with E-state index in [2.05, 4.69) is 0 Å². The second-order valence-electron chi connectivity index (χ2n) is 3.94. The molecule has 2 rings (SSSR count). The molecule has 5 nitrogen and oxygen atoms in total. The first kappa shape index (κ1) is 13.4. The first-order valence-corrected chi connectivity index (χ1v) is 6.32. The number of Topliss-reactive ketones (excluding diaryl/α,β-unsaturated/α-hetero) is 1. The molecule has 0 atom stereocenters. The first-order chi connectivity index (χ1) is 8.99. The summed E-state index contributed by atoms with van der Waals surface area (Å²) in [5.41, 5.74) is -0.0445. The summed E-state index contributed by atoms with van der Waals surface area (Å²) in [6.45, 7) is 3.13. The average molecular weight is 277 g/mol. The molecule has 98 valence electrons. The van der Waals surface area contributed by atoms with Crippen LogP contribution in [0.5, 0.6) is 0 Å². The number of hydrogen-bond acceptors (Lipinski definition) is 5. The van der Waals surface area contributed by atoms with Gasteiger partial charge in [-0.2, -0.15) is 0 Å². The quantitative estimate of drug-likeness (QED) is 0.482. The van der Waals surface area contributed by atoms with Gasteiger partial charge in [0.25, 0.3) is 5.69 Å². The van der Waals surface area contributed by atoms with Crippen LogP contribution in [0.15, 0.2) is 44.7 Å². The van der Waals surface area contributed by atoms with Crippen molar-refractivity contribution in [3.8, 4) is 0 Å². The lowest BCUT2D eigenvalue weighted by Gasteiger charge is -2.03. The molecule has 0 aliphatic rings. The van der Waals surface area contributed by atoms with E-state index in [1.54, 1.807) is 18.4 Å². The normalized spacial score (nSPS) is 10.4. The minimum Gasteiger partial charge on any atom is -0.468 e. The molecular weight excluding hydrogens is 266 g/mol. The topological polar surface area (TPSA) is 73.3 Å². The number of nitro benzene ring substituents is 1. The fraction of sp³-hybridized carbons (Fsp3) is 0.154. The summed E-state index contributed by atoms with van der Waals surface area (Å²) in [7, 11) is 0. The third kappa shape index (κ3) is 2.85. The summed E-state index contributed by atoms with van der Waals surface area (Å²) in [6.07, 6.45) is 1.57. The van der Waals surface area contributed by atoms with E-state index in [4.69, 9.17) is 4.42 Å². The molecule has 1 aromatic heterocycles. The number of aryl methyl sites for hydroxylation is 1. The van der Waals surface area contributed by atoms with Crippen LogP contribution in [0.2, 0.25) is 0 Å². The van der Waals surface area contributed by atoms with Crippen molar-refractivity contribution in [2.24, 2.45) is 0 Å². The number of nitrogens with zero attached hydrogens (tertiary/aromatic N) is 1. The maximum atomic E-state index is 11.3. The van der Waals surface area contributed by atoms with E-state index >= 15 is 0 Å². The van der Waals surface area contributed by atoms with Gasteiger partial charge < -0.3 is 4.42 Å². The van der Waals surface area contributed by atoms with Gasteiger partial charge in [-0.3, -0.25) is 14.9 Å². The van der Waals surface area contributed by atoms with Crippen molar-refractivity contribution in [2.45, 2.75) is 23.6 Å². The van der Waals surface area contributed by atoms with Gasteiger partial charge in [-0.25, -0.2) is 0 Å². The van der Waals surface area contributed by atoms with Gasteiger partial charge in [0.15, 0.2) is 5.78 Å². The molecule has 1 heterocycles. The fourth-order valence-electron chi connectivity index (χ4n) is 1.63. The Morgan fingerprint density at radius 2 is 2.11 bits per heavy atom. The third-order valence-electron chi connectivity index (χ3n) is 2.58. The van der Waals surface area contributed by atoms with Gasteiger partial charge in [-0.15, -0.1) is 0 Å². The van der Waals surface area contributed by atoms with Crippen LogP contribution in [-0.4, -0.2) is 10.7 Å². The monoisotopic (exact) mass is 277 g/mol. The van der Waals surface area contributed by atoms with E-state index in [0.29, 0.717) is 4.90 Å². The molecule has 0 bridgehead atoms. The lowest BCUT2D eigenvalue weighted by Crippen LogP contribution is -2.00. The van der Waals surface area contributed by atoms with Crippen LogP contribution < -0.4 is 0 Å². The summed E-state index contributed by atoms with van der Waals surface area (Å²) in [5, 5.41) is 11.0. The van der Waals surface area contributed by atoms with Crippen molar-refractivity contribution in [3.63, 3.8) is 0 Å². The highest BCUT2D eigenvalue weighted by atomic mass is 32.2. The number of furan rings is 1. The molecule has 0 spiro atoms. The van der Waals surface area contributed by atoms with E-state index in [-0.39, 0.29) is 17.0 Å². The lowest BCUT2D eigenvalue weighted by atomic mass is 10.1. The smallest absolute Gasteiger partial charge is 0.281 e. The Morgan fingerprint density at radius 3 is 2.63 bits per heavy atom. The summed E-state index contributed by atoms with van der Waals surface area (Å²) in [4.78, 5) is 23.4. The van der Waals surface area contributed by atoms with Gasteiger partial charge >= 0.3 is 0 Å². The van der Waals surface area contributed by atoms with E-state index in [0.717, 1.165) is 10.7 Å². The largest absolute Gasteiger partial charge is 0.468 e. The van der Waals surface area contributed by atoms with Gasteiger partial charge in [0.05, 0.1) is 21.6 Å². The Labute approximate surface area is 113 Å². The Morgan fingerprint density at radius 1 is 1.37 bits per heavy atom. The highest BCUT2D eigenvalue weighted by Crippen LogP contribution is 2.34. The maximum Gasteiger partial charge on any atom is 0.281 e. The van der Waals surface area contributed by atoms with E-state index < -0.39 is 4.92 Å². The molecule has 1 aromatic carbocycles.